The maximum Gasteiger partial charge on any atom is 0.271 e. The van der Waals surface area contributed by atoms with Crippen LogP contribution in [0.5, 0.6) is 0 Å². The molecule has 2 heterocycles. The average Bonchev–Trinajstić information content (AvgIpc) is 3.32. The Morgan fingerprint density at radius 1 is 0.700 bits per heavy atom. The van der Waals surface area contributed by atoms with Crippen molar-refractivity contribution in [3.63, 3.8) is 0 Å². The number of unbranched alkanes of at least 4 members (excludes halogenated alkanes) is 3. The van der Waals surface area contributed by atoms with Crippen molar-refractivity contribution >= 4 is 33.4 Å². The number of nitro groups is 2. The molecule has 2 aromatic heterocycles. The first-order chi connectivity index (χ1) is 14.5. The van der Waals surface area contributed by atoms with Crippen molar-refractivity contribution in [3.8, 4) is 0 Å². The summed E-state index contributed by atoms with van der Waals surface area (Å²) in [5, 5.41) is 21.7. The zero-order chi connectivity index (χ0) is 21.1. The van der Waals surface area contributed by atoms with E-state index in [2.05, 4.69) is 19.9 Å². The molecule has 2 aromatic carbocycles. The van der Waals surface area contributed by atoms with Crippen LogP contribution in [-0.2, 0) is 12.8 Å². The first-order valence-corrected chi connectivity index (χ1v) is 9.76. The largest absolute Gasteiger partial charge is 0.342 e. The van der Waals surface area contributed by atoms with E-state index >= 15 is 0 Å². The molecular weight excluding hydrogens is 388 g/mol. The summed E-state index contributed by atoms with van der Waals surface area (Å²) in [5.74, 6) is 1.67. The van der Waals surface area contributed by atoms with Gasteiger partial charge in [-0.05, 0) is 25.0 Å². The number of nitro benzene ring substituents is 2. The van der Waals surface area contributed by atoms with Crippen LogP contribution in [0.2, 0.25) is 0 Å². The van der Waals surface area contributed by atoms with E-state index in [0.717, 1.165) is 61.2 Å². The van der Waals surface area contributed by atoms with Crippen molar-refractivity contribution in [1.82, 2.24) is 19.9 Å². The molecule has 0 unspecified atom stereocenters. The third-order valence-corrected chi connectivity index (χ3v) is 5.03. The SMILES string of the molecule is O=[N+]([O-])c1ccc2nc(CCCCCCc3nc4ccc([N+](=O)[O-])cc4[nH]3)[nH]c2c1. The van der Waals surface area contributed by atoms with Gasteiger partial charge in [-0.2, -0.15) is 0 Å². The molecule has 0 bridgehead atoms. The van der Waals surface area contributed by atoms with Crippen molar-refractivity contribution in [2.75, 3.05) is 0 Å². The van der Waals surface area contributed by atoms with Gasteiger partial charge in [-0.25, -0.2) is 9.97 Å². The van der Waals surface area contributed by atoms with Crippen LogP contribution in [0.1, 0.15) is 37.3 Å². The highest BCUT2D eigenvalue weighted by Gasteiger charge is 2.11. The molecule has 0 radical (unpaired) electrons. The zero-order valence-corrected chi connectivity index (χ0v) is 16.1. The second-order valence-electron chi connectivity index (χ2n) is 7.20. The van der Waals surface area contributed by atoms with Gasteiger partial charge in [-0.3, -0.25) is 20.2 Å². The predicted octanol–water partition coefficient (Wildman–Crippen LogP) is 4.60. The summed E-state index contributed by atoms with van der Waals surface area (Å²) >= 11 is 0. The van der Waals surface area contributed by atoms with E-state index < -0.39 is 9.85 Å². The van der Waals surface area contributed by atoms with Crippen LogP contribution in [-0.4, -0.2) is 29.8 Å². The molecule has 0 aliphatic carbocycles. The summed E-state index contributed by atoms with van der Waals surface area (Å²) in [6, 6.07) is 9.26. The fraction of sp³-hybridized carbons (Fsp3) is 0.300. The summed E-state index contributed by atoms with van der Waals surface area (Å²) in [5.41, 5.74) is 2.95. The minimum Gasteiger partial charge on any atom is -0.342 e. The van der Waals surface area contributed by atoms with Gasteiger partial charge < -0.3 is 9.97 Å². The highest BCUT2D eigenvalue weighted by Crippen LogP contribution is 2.21. The first-order valence-electron chi connectivity index (χ1n) is 9.76. The fourth-order valence-electron chi connectivity index (χ4n) is 3.50. The van der Waals surface area contributed by atoms with Crippen molar-refractivity contribution < 1.29 is 9.85 Å². The maximum absolute atomic E-state index is 10.9. The summed E-state index contributed by atoms with van der Waals surface area (Å²) in [7, 11) is 0. The molecule has 0 amide bonds. The van der Waals surface area contributed by atoms with E-state index in [9.17, 15) is 20.2 Å². The van der Waals surface area contributed by atoms with Crippen LogP contribution in [0.3, 0.4) is 0 Å². The van der Waals surface area contributed by atoms with E-state index in [4.69, 9.17) is 0 Å². The molecule has 0 saturated heterocycles. The van der Waals surface area contributed by atoms with Crippen molar-refractivity contribution in [2.24, 2.45) is 0 Å². The van der Waals surface area contributed by atoms with Gasteiger partial charge in [-0.1, -0.05) is 12.8 Å². The molecule has 10 heteroatoms. The summed E-state index contributed by atoms with van der Waals surface area (Å²) in [4.78, 5) is 36.2. The van der Waals surface area contributed by atoms with Crippen molar-refractivity contribution in [3.05, 3.63) is 68.3 Å². The van der Waals surface area contributed by atoms with Gasteiger partial charge in [0.15, 0.2) is 0 Å². The average molecular weight is 408 g/mol. The summed E-state index contributed by atoms with van der Waals surface area (Å²) < 4.78 is 0. The highest BCUT2D eigenvalue weighted by molar-refractivity contribution is 5.78. The number of benzene rings is 2. The molecule has 0 fully saturated rings. The molecule has 2 N–H and O–H groups in total. The number of aryl methyl sites for hydroxylation is 2. The highest BCUT2D eigenvalue weighted by atomic mass is 16.6. The zero-order valence-electron chi connectivity index (χ0n) is 16.1. The number of rotatable bonds is 9. The third kappa shape index (κ3) is 4.27. The van der Waals surface area contributed by atoms with E-state index in [1.54, 1.807) is 12.1 Å². The molecule has 10 nitrogen and oxygen atoms in total. The van der Waals surface area contributed by atoms with Crippen LogP contribution in [0.4, 0.5) is 11.4 Å². The molecule has 0 aliphatic rings. The van der Waals surface area contributed by atoms with Crippen LogP contribution in [0, 0.1) is 20.2 Å². The number of fused-ring (bicyclic) bond motifs is 2. The molecule has 154 valence electrons. The molecule has 0 saturated carbocycles. The van der Waals surface area contributed by atoms with Crippen LogP contribution < -0.4 is 0 Å². The molecule has 30 heavy (non-hydrogen) atoms. The molecule has 4 aromatic rings. The van der Waals surface area contributed by atoms with E-state index in [0.29, 0.717) is 11.0 Å². The van der Waals surface area contributed by atoms with Gasteiger partial charge in [0.1, 0.15) is 11.6 Å². The van der Waals surface area contributed by atoms with Gasteiger partial charge in [0, 0.05) is 37.1 Å². The van der Waals surface area contributed by atoms with E-state index in [1.807, 2.05) is 0 Å². The number of aromatic nitrogens is 4. The Morgan fingerprint density at radius 2 is 1.13 bits per heavy atom. The standard InChI is InChI=1S/C20H20N6O4/c27-25(28)13-7-9-15-17(11-13)23-19(21-15)5-3-1-2-4-6-20-22-16-10-8-14(26(29)30)12-18(16)24-20/h7-12H,1-6H2,(H,21,23)(H,22,24). The monoisotopic (exact) mass is 408 g/mol. The quantitative estimate of drug-likeness (QED) is 0.235. The number of imidazole rings is 2. The molecule has 4 rings (SSSR count). The van der Waals surface area contributed by atoms with Gasteiger partial charge in [0.25, 0.3) is 11.4 Å². The molecule has 0 aliphatic heterocycles. The van der Waals surface area contributed by atoms with Crippen molar-refractivity contribution in [2.45, 2.75) is 38.5 Å². The van der Waals surface area contributed by atoms with E-state index in [1.165, 1.54) is 24.3 Å². The van der Waals surface area contributed by atoms with Gasteiger partial charge in [0.05, 0.1) is 31.9 Å². The minimum atomic E-state index is -0.413. The lowest BCUT2D eigenvalue weighted by Gasteiger charge is -1.99. The Morgan fingerprint density at radius 3 is 1.53 bits per heavy atom. The van der Waals surface area contributed by atoms with Crippen molar-refractivity contribution in [1.29, 1.82) is 0 Å². The van der Waals surface area contributed by atoms with Gasteiger partial charge in [-0.15, -0.1) is 0 Å². The number of nitrogens with zero attached hydrogens (tertiary/aromatic N) is 4. The Labute approximate surface area is 170 Å². The second-order valence-corrected chi connectivity index (χ2v) is 7.20. The van der Waals surface area contributed by atoms with Gasteiger partial charge >= 0.3 is 0 Å². The lowest BCUT2D eigenvalue weighted by atomic mass is 10.1. The van der Waals surface area contributed by atoms with Gasteiger partial charge in [0.2, 0.25) is 0 Å². The number of aromatic amines is 2. The van der Waals surface area contributed by atoms with Crippen LogP contribution >= 0.6 is 0 Å². The first kappa shape index (κ1) is 19.5. The smallest absolute Gasteiger partial charge is 0.271 e. The third-order valence-electron chi connectivity index (χ3n) is 5.03. The lowest BCUT2D eigenvalue weighted by molar-refractivity contribution is -0.384. The Balaban J connectivity index is 1.24. The normalized spacial score (nSPS) is 11.3. The van der Waals surface area contributed by atoms with Crippen LogP contribution in [0.25, 0.3) is 22.1 Å². The van der Waals surface area contributed by atoms with E-state index in [-0.39, 0.29) is 11.4 Å². The summed E-state index contributed by atoms with van der Waals surface area (Å²) in [6.45, 7) is 0. The summed E-state index contributed by atoms with van der Waals surface area (Å²) in [6.07, 6.45) is 5.57. The molecule has 0 spiro atoms. The topological polar surface area (TPSA) is 144 Å². The number of non-ortho nitro benzene ring substituents is 2. The molecule has 0 atom stereocenters. The lowest BCUT2D eigenvalue weighted by Crippen LogP contribution is -1.91. The van der Waals surface area contributed by atoms with Crippen LogP contribution in [0.15, 0.2) is 36.4 Å². The number of hydrogen-bond acceptors (Lipinski definition) is 6. The number of nitrogens with one attached hydrogen (secondary N) is 2. The Hall–Kier alpha value is -3.82. The Kier molecular flexibility index (Phi) is 5.38. The number of H-pyrrole nitrogens is 2. The number of hydrogen-bond donors (Lipinski definition) is 2. The second kappa shape index (κ2) is 8.27. The Bertz CT molecular complexity index is 1130. The molecular formula is C20H20N6O4. The minimum absolute atomic E-state index is 0.0536. The fourth-order valence-corrected chi connectivity index (χ4v) is 3.50. The predicted molar refractivity (Wildman–Crippen MR) is 111 cm³/mol. The maximum atomic E-state index is 10.9.